The molecule has 2 aromatic carbocycles. The Balaban J connectivity index is 1.59. The first kappa shape index (κ1) is 24.7. The number of hydrogen-bond donors (Lipinski definition) is 1. The Morgan fingerprint density at radius 2 is 1.83 bits per heavy atom. The monoisotopic (exact) mass is 566 g/mol. The molecule has 1 amide bonds. The molecule has 1 N–H and O–H groups in total. The highest BCUT2D eigenvalue weighted by atomic mass is 79.9. The fourth-order valence-electron chi connectivity index (χ4n) is 4.89. The maximum absolute atomic E-state index is 14.0. The fourth-order valence-corrected chi connectivity index (χ4v) is 6.25. The van der Waals surface area contributed by atoms with Gasteiger partial charge in [0, 0.05) is 23.3 Å². The Bertz CT molecular complexity index is 1500. The smallest absolute Gasteiger partial charge is 0.290 e. The summed E-state index contributed by atoms with van der Waals surface area (Å²) in [6.07, 6.45) is 0. The maximum atomic E-state index is 14.0. The summed E-state index contributed by atoms with van der Waals surface area (Å²) in [6, 6.07) is 14.7. The Kier molecular flexibility index (Phi) is 6.72. The molecule has 5 rings (SSSR count). The van der Waals surface area contributed by atoms with Gasteiger partial charge in [-0.25, -0.2) is 4.98 Å². The maximum Gasteiger partial charge on any atom is 0.290 e. The number of nitrogens with zero attached hydrogens (tertiary/aromatic N) is 4. The van der Waals surface area contributed by atoms with Crippen molar-refractivity contribution in [1.29, 1.82) is 0 Å². The van der Waals surface area contributed by atoms with E-state index in [9.17, 15) is 14.7 Å². The van der Waals surface area contributed by atoms with Crippen LogP contribution in [0.15, 0.2) is 64.3 Å². The molecular formula is C27H27BrN4O3S. The Labute approximate surface area is 221 Å². The van der Waals surface area contributed by atoms with Gasteiger partial charge in [0.15, 0.2) is 10.7 Å². The molecule has 0 spiro atoms. The third-order valence-electron chi connectivity index (χ3n) is 6.88. The number of aliphatic hydroxyl groups excluding tert-OH is 1. The van der Waals surface area contributed by atoms with Gasteiger partial charge in [-0.1, -0.05) is 65.4 Å². The van der Waals surface area contributed by atoms with Gasteiger partial charge in [0.1, 0.15) is 0 Å². The molecule has 4 aromatic rings. The number of Topliss-reactive ketones (excluding diaryl/α,β-unsaturated/α-hetero) is 1. The Morgan fingerprint density at radius 3 is 2.53 bits per heavy atom. The SMILES string of the molecule is CCN(CC)CCN1C(=O)C(O)=C(C(=O)c2sc3nc4ccccc4n3c2C)C1c1ccc(Br)cc1. The van der Waals surface area contributed by atoms with Crippen LogP contribution < -0.4 is 0 Å². The fraction of sp³-hybridized carbons (Fsp3) is 0.296. The molecule has 1 aliphatic rings. The minimum Gasteiger partial charge on any atom is -0.503 e. The second-order valence-electron chi connectivity index (χ2n) is 8.81. The van der Waals surface area contributed by atoms with E-state index in [0.717, 1.165) is 39.9 Å². The first-order chi connectivity index (χ1) is 17.3. The lowest BCUT2D eigenvalue weighted by Gasteiger charge is -2.29. The first-order valence-electron chi connectivity index (χ1n) is 12.0. The molecule has 0 saturated carbocycles. The Morgan fingerprint density at radius 1 is 1.14 bits per heavy atom. The first-order valence-corrected chi connectivity index (χ1v) is 13.6. The molecule has 9 heteroatoms. The number of carbonyl (C=O) groups is 2. The molecule has 186 valence electrons. The third kappa shape index (κ3) is 4.05. The summed E-state index contributed by atoms with van der Waals surface area (Å²) in [7, 11) is 0. The van der Waals surface area contributed by atoms with Crippen LogP contribution in [0, 0.1) is 6.92 Å². The number of benzene rings is 2. The molecule has 0 fully saturated rings. The van der Waals surface area contributed by atoms with Crippen LogP contribution in [0.4, 0.5) is 0 Å². The average Bonchev–Trinajstić information content (AvgIpc) is 3.49. The van der Waals surface area contributed by atoms with E-state index >= 15 is 0 Å². The number of carbonyl (C=O) groups excluding carboxylic acids is 2. The van der Waals surface area contributed by atoms with Crippen LogP contribution in [-0.4, -0.2) is 62.2 Å². The zero-order valence-electron chi connectivity index (χ0n) is 20.4. The lowest BCUT2D eigenvalue weighted by molar-refractivity contribution is -0.129. The predicted octanol–water partition coefficient (Wildman–Crippen LogP) is 5.54. The molecule has 0 saturated heterocycles. The summed E-state index contributed by atoms with van der Waals surface area (Å²) in [5, 5.41) is 11.0. The van der Waals surface area contributed by atoms with Crippen LogP contribution in [-0.2, 0) is 4.79 Å². The van der Waals surface area contributed by atoms with Gasteiger partial charge in [-0.05, 0) is 49.8 Å². The molecule has 1 aliphatic heterocycles. The number of para-hydroxylation sites is 2. The molecule has 2 aromatic heterocycles. The van der Waals surface area contributed by atoms with Crippen LogP contribution in [0.5, 0.6) is 0 Å². The van der Waals surface area contributed by atoms with E-state index in [1.807, 2.05) is 59.9 Å². The second-order valence-corrected chi connectivity index (χ2v) is 10.7. The van der Waals surface area contributed by atoms with Crippen LogP contribution in [0.25, 0.3) is 16.0 Å². The summed E-state index contributed by atoms with van der Waals surface area (Å²) in [6.45, 7) is 8.80. The van der Waals surface area contributed by atoms with Crippen molar-refractivity contribution < 1.29 is 14.7 Å². The van der Waals surface area contributed by atoms with Crippen molar-refractivity contribution in [2.24, 2.45) is 0 Å². The number of amides is 1. The van der Waals surface area contributed by atoms with E-state index in [-0.39, 0.29) is 11.4 Å². The number of imidazole rings is 1. The van der Waals surface area contributed by atoms with Gasteiger partial charge in [0.2, 0.25) is 5.78 Å². The molecule has 36 heavy (non-hydrogen) atoms. The molecule has 1 atom stereocenters. The zero-order valence-corrected chi connectivity index (χ0v) is 22.8. The van der Waals surface area contributed by atoms with Gasteiger partial charge in [0.05, 0.1) is 27.5 Å². The highest BCUT2D eigenvalue weighted by Gasteiger charge is 2.44. The van der Waals surface area contributed by atoms with Gasteiger partial charge in [-0.3, -0.25) is 14.0 Å². The number of thiazole rings is 1. The van der Waals surface area contributed by atoms with Gasteiger partial charge < -0.3 is 14.9 Å². The van der Waals surface area contributed by atoms with Crippen LogP contribution in [0.1, 0.15) is 40.8 Å². The average molecular weight is 568 g/mol. The normalized spacial score (nSPS) is 16.3. The van der Waals surface area contributed by atoms with Crippen molar-refractivity contribution in [1.82, 2.24) is 19.2 Å². The molecule has 3 heterocycles. The van der Waals surface area contributed by atoms with E-state index in [0.29, 0.717) is 22.9 Å². The van der Waals surface area contributed by atoms with Gasteiger partial charge in [-0.2, -0.15) is 0 Å². The molecule has 0 radical (unpaired) electrons. The van der Waals surface area contributed by atoms with Crippen molar-refractivity contribution in [3.63, 3.8) is 0 Å². The van der Waals surface area contributed by atoms with Gasteiger partial charge in [0.25, 0.3) is 5.91 Å². The van der Waals surface area contributed by atoms with Crippen LogP contribution in [0.3, 0.4) is 0 Å². The van der Waals surface area contributed by atoms with E-state index < -0.39 is 17.7 Å². The van der Waals surface area contributed by atoms with Crippen LogP contribution in [0.2, 0.25) is 0 Å². The highest BCUT2D eigenvalue weighted by molar-refractivity contribution is 9.10. The minimum atomic E-state index is -0.667. The number of halogens is 1. The van der Waals surface area contributed by atoms with E-state index in [1.54, 1.807) is 4.90 Å². The van der Waals surface area contributed by atoms with Crippen molar-refractivity contribution in [3.05, 3.63) is 80.5 Å². The lowest BCUT2D eigenvalue weighted by Crippen LogP contribution is -2.38. The summed E-state index contributed by atoms with van der Waals surface area (Å²) in [4.78, 5) is 37.0. The van der Waals surface area contributed by atoms with E-state index in [4.69, 9.17) is 0 Å². The number of aromatic nitrogens is 2. The van der Waals surface area contributed by atoms with Crippen molar-refractivity contribution in [3.8, 4) is 0 Å². The summed E-state index contributed by atoms with van der Waals surface area (Å²) in [5.74, 6) is -1.32. The number of fused-ring (bicyclic) bond motifs is 3. The largest absolute Gasteiger partial charge is 0.503 e. The number of rotatable bonds is 8. The third-order valence-corrected chi connectivity index (χ3v) is 8.55. The predicted molar refractivity (Wildman–Crippen MR) is 146 cm³/mol. The zero-order chi connectivity index (χ0) is 25.6. The number of ketones is 1. The number of aliphatic hydroxyl groups is 1. The molecule has 0 aliphatic carbocycles. The molecule has 0 bridgehead atoms. The molecular weight excluding hydrogens is 540 g/mol. The van der Waals surface area contributed by atoms with Crippen molar-refractivity contribution in [2.75, 3.05) is 26.2 Å². The van der Waals surface area contributed by atoms with E-state index in [2.05, 4.69) is 39.7 Å². The Hall–Kier alpha value is -3.01. The second kappa shape index (κ2) is 9.80. The highest BCUT2D eigenvalue weighted by Crippen LogP contribution is 2.41. The number of aryl methyl sites for hydroxylation is 1. The number of hydrogen-bond acceptors (Lipinski definition) is 6. The lowest BCUT2D eigenvalue weighted by atomic mass is 9.95. The van der Waals surface area contributed by atoms with Crippen LogP contribution >= 0.6 is 27.3 Å². The van der Waals surface area contributed by atoms with Crippen molar-refractivity contribution >= 4 is 55.0 Å². The quantitative estimate of drug-likeness (QED) is 0.283. The number of likely N-dealkylation sites (N-methyl/N-ethyl adjacent to an activating group) is 1. The standard InChI is InChI=1S/C27H27BrN4O3S/c1-4-30(5-2)14-15-31-22(17-10-12-18(28)13-11-17)21(24(34)26(31)35)23(33)25-16(3)32-20-9-7-6-8-19(20)29-27(32)36-25/h6-13,22,34H,4-5,14-15H2,1-3H3. The minimum absolute atomic E-state index is 0.124. The molecule has 1 unspecified atom stereocenters. The molecule has 7 nitrogen and oxygen atoms in total. The van der Waals surface area contributed by atoms with Gasteiger partial charge in [-0.15, -0.1) is 0 Å². The summed E-state index contributed by atoms with van der Waals surface area (Å²) < 4.78 is 2.86. The summed E-state index contributed by atoms with van der Waals surface area (Å²) in [5.41, 5.74) is 3.44. The topological polar surface area (TPSA) is 78.2 Å². The van der Waals surface area contributed by atoms with E-state index in [1.165, 1.54) is 11.3 Å². The summed E-state index contributed by atoms with van der Waals surface area (Å²) >= 11 is 4.75. The van der Waals surface area contributed by atoms with Gasteiger partial charge >= 0.3 is 0 Å². The van der Waals surface area contributed by atoms with Crippen molar-refractivity contribution in [2.45, 2.75) is 26.8 Å².